The molecule has 202 valence electrons. The van der Waals surface area contributed by atoms with Crippen molar-refractivity contribution in [2.24, 2.45) is 11.8 Å². The molecule has 0 N–H and O–H groups in total. The highest BCUT2D eigenvalue weighted by Gasteiger charge is 2.35. The first-order valence-electron chi connectivity index (χ1n) is 12.8. The normalized spacial score (nSPS) is 18.6. The van der Waals surface area contributed by atoms with Gasteiger partial charge in [0.05, 0.1) is 24.1 Å². The fourth-order valence-corrected chi connectivity index (χ4v) is 5.20. The van der Waals surface area contributed by atoms with Gasteiger partial charge in [-0.05, 0) is 69.1 Å². The number of piperidine rings is 1. The fraction of sp³-hybridized carbons (Fsp3) is 0.481. The monoisotopic (exact) mass is 527 g/mol. The Balaban J connectivity index is 1.54. The summed E-state index contributed by atoms with van der Waals surface area (Å²) in [5.74, 6) is 1.51. The van der Waals surface area contributed by atoms with E-state index in [1.165, 1.54) is 6.07 Å². The van der Waals surface area contributed by atoms with Gasteiger partial charge in [0.15, 0.2) is 11.3 Å². The molecule has 4 heterocycles. The number of alkyl halides is 3. The van der Waals surface area contributed by atoms with Gasteiger partial charge in [-0.2, -0.15) is 13.2 Å². The molecule has 1 fully saturated rings. The van der Waals surface area contributed by atoms with Crippen LogP contribution in [0.25, 0.3) is 28.1 Å². The maximum absolute atomic E-state index is 14.0. The number of hydrogen-bond donors (Lipinski definition) is 0. The van der Waals surface area contributed by atoms with Crippen LogP contribution >= 0.6 is 0 Å². The number of ether oxygens (including phenoxy) is 1. The Kier molecular flexibility index (Phi) is 7.13. The second-order valence-electron chi connectivity index (χ2n) is 10.6. The van der Waals surface area contributed by atoms with Gasteiger partial charge in [0.25, 0.3) is 0 Å². The Bertz CT molecular complexity index is 1430. The van der Waals surface area contributed by atoms with Gasteiger partial charge in [-0.25, -0.2) is 14.4 Å². The molecule has 4 aromatic rings. The van der Waals surface area contributed by atoms with E-state index in [0.717, 1.165) is 32.1 Å². The minimum atomic E-state index is -4.57. The van der Waals surface area contributed by atoms with E-state index >= 15 is 0 Å². The summed E-state index contributed by atoms with van der Waals surface area (Å²) in [7, 11) is 3.82. The first-order valence-corrected chi connectivity index (χ1v) is 12.8. The average molecular weight is 528 g/mol. The molecule has 0 aliphatic carbocycles. The molecule has 38 heavy (non-hydrogen) atoms. The molecule has 1 aliphatic rings. The van der Waals surface area contributed by atoms with Gasteiger partial charge >= 0.3 is 6.18 Å². The van der Waals surface area contributed by atoms with E-state index in [1.807, 2.05) is 23.4 Å². The third-order valence-electron chi connectivity index (χ3n) is 6.80. The molecular formula is C27H32F3N7O. The summed E-state index contributed by atoms with van der Waals surface area (Å²) in [6, 6.07) is 7.53. The zero-order valence-electron chi connectivity index (χ0n) is 22.0. The van der Waals surface area contributed by atoms with Crippen molar-refractivity contribution in [2.75, 3.05) is 45.2 Å². The molecule has 1 aromatic carbocycles. The lowest BCUT2D eigenvalue weighted by Gasteiger charge is -2.34. The average Bonchev–Trinajstić information content (AvgIpc) is 3.30. The highest BCUT2D eigenvalue weighted by molar-refractivity contribution is 5.79. The predicted molar refractivity (Wildman–Crippen MR) is 140 cm³/mol. The summed E-state index contributed by atoms with van der Waals surface area (Å²) in [5.41, 5.74) is 1.57. The van der Waals surface area contributed by atoms with Crippen molar-refractivity contribution in [1.29, 1.82) is 0 Å². The summed E-state index contributed by atoms with van der Waals surface area (Å²) >= 11 is 0. The van der Waals surface area contributed by atoms with E-state index in [-0.39, 0.29) is 12.4 Å². The Morgan fingerprint density at radius 3 is 2.53 bits per heavy atom. The van der Waals surface area contributed by atoms with Crippen molar-refractivity contribution in [3.05, 3.63) is 42.1 Å². The molecule has 0 saturated carbocycles. The maximum Gasteiger partial charge on any atom is 0.419 e. The van der Waals surface area contributed by atoms with E-state index in [4.69, 9.17) is 9.72 Å². The van der Waals surface area contributed by atoms with Gasteiger partial charge < -0.3 is 14.5 Å². The zero-order valence-corrected chi connectivity index (χ0v) is 22.0. The van der Waals surface area contributed by atoms with Crippen LogP contribution in [-0.4, -0.2) is 69.8 Å². The van der Waals surface area contributed by atoms with E-state index in [2.05, 4.69) is 33.9 Å². The molecule has 0 amide bonds. The molecule has 8 nitrogen and oxygen atoms in total. The molecule has 0 unspecified atom stereocenters. The molecular weight excluding hydrogens is 495 g/mol. The topological polar surface area (TPSA) is 71.7 Å². The van der Waals surface area contributed by atoms with Gasteiger partial charge in [-0.3, -0.25) is 0 Å². The fourth-order valence-electron chi connectivity index (χ4n) is 5.20. The van der Waals surface area contributed by atoms with E-state index in [9.17, 15) is 13.2 Å². The second-order valence-corrected chi connectivity index (χ2v) is 10.6. The lowest BCUT2D eigenvalue weighted by Crippen LogP contribution is -2.39. The van der Waals surface area contributed by atoms with Crippen molar-refractivity contribution in [3.8, 4) is 17.0 Å². The predicted octanol–water partition coefficient (Wildman–Crippen LogP) is 5.17. The van der Waals surface area contributed by atoms with Crippen LogP contribution in [-0.2, 0) is 6.18 Å². The molecule has 2 atom stereocenters. The van der Waals surface area contributed by atoms with E-state index in [1.54, 1.807) is 24.4 Å². The highest BCUT2D eigenvalue weighted by Crippen LogP contribution is 2.39. The molecule has 1 aliphatic heterocycles. The number of benzene rings is 1. The lowest BCUT2D eigenvalue weighted by atomic mass is 9.92. The van der Waals surface area contributed by atoms with Gasteiger partial charge in [-0.1, -0.05) is 13.8 Å². The number of hydrogen-bond acceptors (Lipinski definition) is 7. The third-order valence-corrected chi connectivity index (χ3v) is 6.80. The number of nitrogens with zero attached hydrogens (tertiary/aromatic N) is 7. The summed E-state index contributed by atoms with van der Waals surface area (Å²) in [4.78, 5) is 13.4. The molecule has 5 rings (SSSR count). The maximum atomic E-state index is 14.0. The van der Waals surface area contributed by atoms with Crippen molar-refractivity contribution in [2.45, 2.75) is 32.9 Å². The summed E-state index contributed by atoms with van der Waals surface area (Å²) in [6.45, 7) is 7.05. The van der Waals surface area contributed by atoms with E-state index in [0.29, 0.717) is 52.3 Å². The van der Waals surface area contributed by atoms with Crippen molar-refractivity contribution in [3.63, 3.8) is 0 Å². The van der Waals surface area contributed by atoms with E-state index < -0.39 is 11.7 Å². The summed E-state index contributed by atoms with van der Waals surface area (Å²) in [5, 5.41) is 8.74. The van der Waals surface area contributed by atoms with Crippen LogP contribution in [0.3, 0.4) is 0 Å². The van der Waals surface area contributed by atoms with Gasteiger partial charge in [0.1, 0.15) is 11.3 Å². The SMILES string of the molecule is C[C@@H]1C[C@H](C)CN(c2nnc3cnc4ccc(-c5ccc(OCCCN(C)C)c(C(F)(F)F)c5)nc4n23)C1. The first kappa shape index (κ1) is 26.1. The summed E-state index contributed by atoms with van der Waals surface area (Å²) in [6.07, 6.45) is -1.16. The Morgan fingerprint density at radius 2 is 1.82 bits per heavy atom. The minimum Gasteiger partial charge on any atom is -0.493 e. The largest absolute Gasteiger partial charge is 0.493 e. The van der Waals surface area contributed by atoms with Gasteiger partial charge in [0, 0.05) is 25.2 Å². The van der Waals surface area contributed by atoms with Crippen molar-refractivity contribution < 1.29 is 17.9 Å². The molecule has 0 radical (unpaired) electrons. The van der Waals surface area contributed by atoms with Crippen LogP contribution in [0.2, 0.25) is 0 Å². The molecule has 0 spiro atoms. The molecule has 1 saturated heterocycles. The van der Waals surface area contributed by atoms with Crippen LogP contribution in [0, 0.1) is 11.8 Å². The van der Waals surface area contributed by atoms with Crippen LogP contribution in [0.4, 0.5) is 19.1 Å². The number of aromatic nitrogens is 5. The lowest BCUT2D eigenvalue weighted by molar-refractivity contribution is -0.138. The van der Waals surface area contributed by atoms with Crippen LogP contribution < -0.4 is 9.64 Å². The molecule has 0 bridgehead atoms. The number of anilines is 1. The Hall–Kier alpha value is -3.47. The van der Waals surface area contributed by atoms with Gasteiger partial charge in [0.2, 0.25) is 5.95 Å². The second kappa shape index (κ2) is 10.4. The van der Waals surface area contributed by atoms with Crippen LogP contribution in [0.1, 0.15) is 32.3 Å². The molecule has 11 heteroatoms. The quantitative estimate of drug-likeness (QED) is 0.307. The smallest absolute Gasteiger partial charge is 0.419 e. The summed E-state index contributed by atoms with van der Waals surface area (Å²) < 4.78 is 49.3. The number of fused-ring (bicyclic) bond motifs is 3. The Morgan fingerprint density at radius 1 is 1.05 bits per heavy atom. The number of halogens is 3. The zero-order chi connectivity index (χ0) is 27.0. The first-order chi connectivity index (χ1) is 18.1. The van der Waals surface area contributed by atoms with Crippen molar-refractivity contribution in [1.82, 2.24) is 29.5 Å². The number of pyridine rings is 1. The third kappa shape index (κ3) is 5.38. The number of rotatable bonds is 7. The van der Waals surface area contributed by atoms with Crippen LogP contribution in [0.5, 0.6) is 5.75 Å². The minimum absolute atomic E-state index is 0.181. The Labute approximate surface area is 219 Å². The molecule has 3 aromatic heterocycles. The van der Waals surface area contributed by atoms with Crippen LogP contribution in [0.15, 0.2) is 36.5 Å². The standard InChI is InChI=1S/C27H32F3N7O/c1-17-12-18(2)16-36(15-17)26-34-33-24-14-31-22-8-7-21(32-25(22)37(24)26)19-6-9-23(20(13-19)27(28,29)30)38-11-5-10-35(3)4/h6-9,13-14,17-18H,5,10-12,15-16H2,1-4H3/t17-,18+. The highest BCUT2D eigenvalue weighted by atomic mass is 19.4. The van der Waals surface area contributed by atoms with Gasteiger partial charge in [-0.15, -0.1) is 10.2 Å². The van der Waals surface area contributed by atoms with Crippen molar-refractivity contribution >= 4 is 22.8 Å².